The minimum atomic E-state index is -0.443. The van der Waals surface area contributed by atoms with Gasteiger partial charge < -0.3 is 14.8 Å². The van der Waals surface area contributed by atoms with Gasteiger partial charge in [0.25, 0.3) is 0 Å². The number of esters is 1. The van der Waals surface area contributed by atoms with Gasteiger partial charge in [-0.15, -0.1) is 0 Å². The van der Waals surface area contributed by atoms with E-state index in [-0.39, 0.29) is 19.1 Å². The summed E-state index contributed by atoms with van der Waals surface area (Å²) in [5.74, 6) is -0.0256. The molecule has 0 aliphatic heterocycles. The molecule has 0 saturated heterocycles. The van der Waals surface area contributed by atoms with Gasteiger partial charge in [-0.2, -0.15) is 0 Å². The van der Waals surface area contributed by atoms with Crippen molar-refractivity contribution in [3.8, 4) is 5.75 Å². The van der Waals surface area contributed by atoms with Crippen LogP contribution in [0.25, 0.3) is 0 Å². The number of allylic oxidation sites excluding steroid dienone is 11. The topological polar surface area (TPSA) is 64.6 Å². The van der Waals surface area contributed by atoms with Crippen LogP contribution < -0.4 is 10.1 Å². The molecule has 1 amide bonds. The minimum Gasteiger partial charge on any atom is -0.497 e. The van der Waals surface area contributed by atoms with Crippen LogP contribution in [0.1, 0.15) is 68.6 Å². The summed E-state index contributed by atoms with van der Waals surface area (Å²) in [5, 5.41) is 2.67. The summed E-state index contributed by atoms with van der Waals surface area (Å²) in [7, 11) is 1.56. The largest absolute Gasteiger partial charge is 0.497 e. The molecule has 0 fully saturated rings. The number of rotatable bonds is 19. The maximum Gasteiger partial charge on any atom is 0.338 e. The third-order valence-corrected chi connectivity index (χ3v) is 5.32. The first-order valence-corrected chi connectivity index (χ1v) is 13.3. The number of ether oxygens (including phenoxy) is 2. The van der Waals surface area contributed by atoms with E-state index in [4.69, 9.17) is 9.47 Å². The number of unbranched alkanes of at least 4 members (excludes halogenated alkanes) is 7. The van der Waals surface area contributed by atoms with Gasteiger partial charge >= 0.3 is 5.97 Å². The summed E-state index contributed by atoms with van der Waals surface area (Å²) in [5.41, 5.74) is 0.432. The maximum absolute atomic E-state index is 11.9. The average Bonchev–Trinajstić information content (AvgIpc) is 2.92. The fourth-order valence-corrected chi connectivity index (χ4v) is 3.24. The summed E-state index contributed by atoms with van der Waals surface area (Å²) >= 11 is 0. The third-order valence-electron chi connectivity index (χ3n) is 5.32. The number of hydrogen-bond donors (Lipinski definition) is 1. The Morgan fingerprint density at radius 2 is 1.32 bits per heavy atom. The second-order valence-corrected chi connectivity index (χ2v) is 8.39. The van der Waals surface area contributed by atoms with Crippen molar-refractivity contribution in [1.29, 1.82) is 0 Å². The molecule has 0 saturated carbocycles. The van der Waals surface area contributed by atoms with Gasteiger partial charge in [-0.1, -0.05) is 112 Å². The number of methoxy groups -OCH3 is 1. The van der Waals surface area contributed by atoms with E-state index >= 15 is 0 Å². The molecule has 1 N–H and O–H groups in total. The van der Waals surface area contributed by atoms with E-state index in [0.29, 0.717) is 11.3 Å². The standard InChI is InChI=1S/C32H43NO4/c1-3-4-5-6-7-8-9-10-11-12-13-14-15-16-17-18-19-20-21-22-31(34)33-27-28-37-32(35)29-23-25-30(36-2)26-24-29/h11-26H,3-10,27-28H2,1-2H3,(H,33,34). The van der Waals surface area contributed by atoms with Gasteiger partial charge in [0, 0.05) is 6.08 Å². The summed E-state index contributed by atoms with van der Waals surface area (Å²) < 4.78 is 10.2. The van der Waals surface area contributed by atoms with Crippen molar-refractivity contribution in [3.63, 3.8) is 0 Å². The zero-order chi connectivity index (χ0) is 26.8. The Kier molecular flexibility index (Phi) is 19.4. The molecular weight excluding hydrogens is 462 g/mol. The molecule has 0 aromatic heterocycles. The average molecular weight is 506 g/mol. The summed E-state index contributed by atoms with van der Waals surface area (Å²) in [6.45, 7) is 2.59. The van der Waals surface area contributed by atoms with E-state index < -0.39 is 5.97 Å². The van der Waals surface area contributed by atoms with E-state index in [1.807, 2.05) is 42.5 Å². The predicted molar refractivity (Wildman–Crippen MR) is 154 cm³/mol. The van der Waals surface area contributed by atoms with Gasteiger partial charge in [0.1, 0.15) is 12.4 Å². The Balaban J connectivity index is 2.07. The van der Waals surface area contributed by atoms with Gasteiger partial charge in [0.2, 0.25) is 5.91 Å². The molecule has 37 heavy (non-hydrogen) atoms. The molecule has 0 unspecified atom stereocenters. The molecule has 0 aliphatic rings. The lowest BCUT2D eigenvalue weighted by Gasteiger charge is -2.06. The van der Waals surface area contributed by atoms with Gasteiger partial charge in [-0.05, 0) is 37.1 Å². The first kappa shape index (κ1) is 31.4. The van der Waals surface area contributed by atoms with Crippen molar-refractivity contribution in [1.82, 2.24) is 5.32 Å². The second-order valence-electron chi connectivity index (χ2n) is 8.39. The zero-order valence-electron chi connectivity index (χ0n) is 22.4. The highest BCUT2D eigenvalue weighted by molar-refractivity contribution is 5.89. The smallest absolute Gasteiger partial charge is 0.338 e. The van der Waals surface area contributed by atoms with Crippen LogP contribution in [-0.4, -0.2) is 32.1 Å². The molecule has 0 radical (unpaired) electrons. The molecule has 1 aromatic carbocycles. The van der Waals surface area contributed by atoms with Crippen molar-refractivity contribution < 1.29 is 19.1 Å². The number of carbonyl (C=O) groups excluding carboxylic acids is 2. The van der Waals surface area contributed by atoms with Crippen LogP contribution >= 0.6 is 0 Å². The van der Waals surface area contributed by atoms with Gasteiger partial charge in [-0.3, -0.25) is 4.79 Å². The fourth-order valence-electron chi connectivity index (χ4n) is 3.24. The highest BCUT2D eigenvalue weighted by Crippen LogP contribution is 2.12. The van der Waals surface area contributed by atoms with E-state index in [2.05, 4.69) is 24.4 Å². The number of carbonyl (C=O) groups is 2. The van der Waals surface area contributed by atoms with Crippen molar-refractivity contribution >= 4 is 11.9 Å². The molecular formula is C32H43NO4. The molecule has 1 rings (SSSR count). The van der Waals surface area contributed by atoms with Crippen LogP contribution in [-0.2, 0) is 9.53 Å². The van der Waals surface area contributed by atoms with Gasteiger partial charge in [0.05, 0.1) is 19.2 Å². The van der Waals surface area contributed by atoms with E-state index in [1.54, 1.807) is 43.5 Å². The number of nitrogens with one attached hydrogen (secondary N) is 1. The van der Waals surface area contributed by atoms with Crippen LogP contribution in [0.5, 0.6) is 5.75 Å². The maximum atomic E-state index is 11.9. The molecule has 5 nitrogen and oxygen atoms in total. The molecule has 5 heteroatoms. The highest BCUT2D eigenvalue weighted by atomic mass is 16.5. The van der Waals surface area contributed by atoms with Crippen LogP contribution in [0, 0.1) is 0 Å². The first-order chi connectivity index (χ1) is 18.2. The molecule has 0 atom stereocenters. The molecule has 200 valence electrons. The van der Waals surface area contributed by atoms with Crippen LogP contribution in [0.2, 0.25) is 0 Å². The Morgan fingerprint density at radius 1 is 0.757 bits per heavy atom. The van der Waals surface area contributed by atoms with E-state index in [0.717, 1.165) is 6.42 Å². The number of hydrogen-bond acceptors (Lipinski definition) is 4. The monoisotopic (exact) mass is 505 g/mol. The van der Waals surface area contributed by atoms with Crippen molar-refractivity contribution in [2.75, 3.05) is 20.3 Å². The summed E-state index contributed by atoms with van der Waals surface area (Å²) in [6, 6.07) is 6.65. The quantitative estimate of drug-likeness (QED) is 0.0918. The van der Waals surface area contributed by atoms with Crippen molar-refractivity contribution in [2.45, 2.75) is 58.3 Å². The number of amides is 1. The Bertz CT molecular complexity index is 921. The molecule has 0 spiro atoms. The Hall–Kier alpha value is -3.60. The van der Waals surface area contributed by atoms with Crippen LogP contribution in [0.15, 0.2) is 97.2 Å². The zero-order valence-corrected chi connectivity index (χ0v) is 22.4. The van der Waals surface area contributed by atoms with Gasteiger partial charge in [0.15, 0.2) is 0 Å². The lowest BCUT2D eigenvalue weighted by molar-refractivity contribution is -0.116. The molecule has 0 bridgehead atoms. The summed E-state index contributed by atoms with van der Waals surface area (Å²) in [6.07, 6.45) is 33.4. The molecule has 1 aromatic rings. The fraction of sp³-hybridized carbons (Fsp3) is 0.375. The molecule has 0 heterocycles. The first-order valence-electron chi connectivity index (χ1n) is 13.3. The lowest BCUT2D eigenvalue weighted by atomic mass is 10.1. The SMILES string of the molecule is CCCCCCCCCC=CC=CC=CC=CC=CC=CC(=O)NCCOC(=O)c1ccc(OC)cc1. The Morgan fingerprint density at radius 3 is 1.95 bits per heavy atom. The van der Waals surface area contributed by atoms with Crippen LogP contribution in [0.3, 0.4) is 0 Å². The minimum absolute atomic E-state index is 0.0960. The molecule has 0 aliphatic carbocycles. The Labute approximate surface area is 223 Å². The lowest BCUT2D eigenvalue weighted by Crippen LogP contribution is -2.26. The van der Waals surface area contributed by atoms with E-state index in [9.17, 15) is 9.59 Å². The van der Waals surface area contributed by atoms with Crippen molar-refractivity contribution in [2.24, 2.45) is 0 Å². The highest BCUT2D eigenvalue weighted by Gasteiger charge is 2.06. The van der Waals surface area contributed by atoms with E-state index in [1.165, 1.54) is 51.0 Å². The predicted octanol–water partition coefficient (Wildman–Crippen LogP) is 7.45. The van der Waals surface area contributed by atoms with Crippen LogP contribution in [0.4, 0.5) is 0 Å². The number of benzene rings is 1. The van der Waals surface area contributed by atoms with Crippen molar-refractivity contribution in [3.05, 3.63) is 103 Å². The second kappa shape index (κ2) is 22.8. The third kappa shape index (κ3) is 18.3. The normalized spacial score (nSPS) is 12.2. The van der Waals surface area contributed by atoms with Gasteiger partial charge in [-0.25, -0.2) is 4.79 Å². The summed E-state index contributed by atoms with van der Waals surface area (Å²) in [4.78, 5) is 23.7.